The van der Waals surface area contributed by atoms with Gasteiger partial charge in [0.05, 0.1) is 24.6 Å². The Morgan fingerprint density at radius 3 is 2.80 bits per heavy atom. The second-order valence-electron chi connectivity index (χ2n) is 6.03. The molecule has 0 atom stereocenters. The van der Waals surface area contributed by atoms with Crippen LogP contribution in [-0.2, 0) is 9.53 Å². The van der Waals surface area contributed by atoms with Crippen molar-refractivity contribution in [2.24, 2.45) is 0 Å². The van der Waals surface area contributed by atoms with Crippen molar-refractivity contribution in [2.45, 2.75) is 6.92 Å². The van der Waals surface area contributed by atoms with Crippen molar-refractivity contribution in [3.05, 3.63) is 48.0 Å². The van der Waals surface area contributed by atoms with E-state index in [4.69, 9.17) is 15.2 Å². The molecular weight excluding hydrogens is 318 g/mol. The number of carbonyl (C=O) groups excluding carboxylic acids is 1. The molecule has 0 aromatic heterocycles. The maximum Gasteiger partial charge on any atom is 0.262 e. The molecule has 0 radical (unpaired) electrons. The number of nitrogens with two attached hydrogens (primary N) is 1. The van der Waals surface area contributed by atoms with Gasteiger partial charge in [0.25, 0.3) is 5.91 Å². The fraction of sp³-hybridized carbons (Fsp3) is 0.316. The zero-order chi connectivity index (χ0) is 17.6. The SMILES string of the molecule is Cc1cccc(OCC(=O)Nc2cc(N)ccc2N2CCOCC2)c1. The zero-order valence-electron chi connectivity index (χ0n) is 14.3. The minimum absolute atomic E-state index is 0.0548. The summed E-state index contributed by atoms with van der Waals surface area (Å²) < 4.78 is 10.9. The summed E-state index contributed by atoms with van der Waals surface area (Å²) in [5.74, 6) is 0.456. The summed E-state index contributed by atoms with van der Waals surface area (Å²) in [4.78, 5) is 14.5. The highest BCUT2D eigenvalue weighted by molar-refractivity contribution is 5.96. The topological polar surface area (TPSA) is 76.8 Å². The number of aryl methyl sites for hydroxylation is 1. The Morgan fingerprint density at radius 2 is 2.04 bits per heavy atom. The summed E-state index contributed by atoms with van der Waals surface area (Å²) in [6.45, 7) is 4.84. The van der Waals surface area contributed by atoms with Crippen LogP contribution in [0.4, 0.5) is 17.1 Å². The van der Waals surface area contributed by atoms with Crippen LogP contribution < -0.4 is 20.7 Å². The molecule has 132 valence electrons. The van der Waals surface area contributed by atoms with Crippen LogP contribution in [0.2, 0.25) is 0 Å². The van der Waals surface area contributed by atoms with Crippen molar-refractivity contribution >= 4 is 23.0 Å². The third kappa shape index (κ3) is 4.64. The number of hydrogen-bond donors (Lipinski definition) is 2. The summed E-state index contributed by atoms with van der Waals surface area (Å²) in [5.41, 5.74) is 9.22. The number of nitrogens with zero attached hydrogens (tertiary/aromatic N) is 1. The molecule has 6 heteroatoms. The number of amides is 1. The van der Waals surface area contributed by atoms with E-state index >= 15 is 0 Å². The van der Waals surface area contributed by atoms with Gasteiger partial charge in [-0.2, -0.15) is 0 Å². The van der Waals surface area contributed by atoms with E-state index in [0.717, 1.165) is 24.3 Å². The number of benzene rings is 2. The van der Waals surface area contributed by atoms with E-state index in [0.29, 0.717) is 30.3 Å². The number of carbonyl (C=O) groups is 1. The molecule has 1 heterocycles. The molecule has 3 N–H and O–H groups in total. The quantitative estimate of drug-likeness (QED) is 0.817. The molecule has 0 aliphatic carbocycles. The lowest BCUT2D eigenvalue weighted by Crippen LogP contribution is -2.37. The fourth-order valence-electron chi connectivity index (χ4n) is 2.77. The predicted molar refractivity (Wildman–Crippen MR) is 99.2 cm³/mol. The standard InChI is InChI=1S/C19H23N3O3/c1-14-3-2-4-16(11-14)25-13-19(23)21-17-12-15(20)5-6-18(17)22-7-9-24-10-8-22/h2-6,11-12H,7-10,13,20H2,1H3,(H,21,23). The van der Waals surface area contributed by atoms with Gasteiger partial charge in [-0.05, 0) is 42.8 Å². The molecule has 0 saturated carbocycles. The Morgan fingerprint density at radius 1 is 1.24 bits per heavy atom. The third-order valence-electron chi connectivity index (χ3n) is 4.01. The van der Waals surface area contributed by atoms with Gasteiger partial charge in [0, 0.05) is 18.8 Å². The van der Waals surface area contributed by atoms with Crippen LogP contribution in [0.25, 0.3) is 0 Å². The Kier molecular flexibility index (Phi) is 5.40. The van der Waals surface area contributed by atoms with E-state index in [1.54, 1.807) is 6.07 Å². The normalized spacial score (nSPS) is 14.2. The Hall–Kier alpha value is -2.73. The van der Waals surface area contributed by atoms with Crippen LogP contribution in [0.3, 0.4) is 0 Å². The number of anilines is 3. The van der Waals surface area contributed by atoms with Crippen LogP contribution in [-0.4, -0.2) is 38.8 Å². The largest absolute Gasteiger partial charge is 0.484 e. The van der Waals surface area contributed by atoms with Gasteiger partial charge in [-0.3, -0.25) is 4.79 Å². The van der Waals surface area contributed by atoms with E-state index in [2.05, 4.69) is 10.2 Å². The maximum absolute atomic E-state index is 12.3. The highest BCUT2D eigenvalue weighted by Gasteiger charge is 2.16. The first-order valence-electron chi connectivity index (χ1n) is 8.33. The molecule has 1 aliphatic rings. The average Bonchev–Trinajstić information content (AvgIpc) is 2.61. The molecule has 6 nitrogen and oxygen atoms in total. The van der Waals surface area contributed by atoms with Gasteiger partial charge in [-0.15, -0.1) is 0 Å². The first-order chi connectivity index (χ1) is 12.1. The van der Waals surface area contributed by atoms with Gasteiger partial charge in [-0.25, -0.2) is 0 Å². The Bertz CT molecular complexity index is 742. The van der Waals surface area contributed by atoms with Crippen molar-refractivity contribution in [3.63, 3.8) is 0 Å². The van der Waals surface area contributed by atoms with Crippen LogP contribution >= 0.6 is 0 Å². The molecule has 25 heavy (non-hydrogen) atoms. The summed E-state index contributed by atoms with van der Waals surface area (Å²) in [6.07, 6.45) is 0. The minimum Gasteiger partial charge on any atom is -0.484 e. The van der Waals surface area contributed by atoms with Crippen LogP contribution in [0.1, 0.15) is 5.56 Å². The number of hydrogen-bond acceptors (Lipinski definition) is 5. The van der Waals surface area contributed by atoms with E-state index in [1.807, 2.05) is 43.3 Å². The smallest absolute Gasteiger partial charge is 0.262 e. The van der Waals surface area contributed by atoms with E-state index < -0.39 is 0 Å². The molecule has 0 spiro atoms. The molecule has 0 unspecified atom stereocenters. The molecule has 1 aliphatic heterocycles. The molecular formula is C19H23N3O3. The molecule has 2 aromatic rings. The summed E-state index contributed by atoms with van der Waals surface area (Å²) in [7, 11) is 0. The lowest BCUT2D eigenvalue weighted by molar-refractivity contribution is -0.118. The first kappa shape index (κ1) is 17.1. The average molecular weight is 341 g/mol. The highest BCUT2D eigenvalue weighted by atomic mass is 16.5. The van der Waals surface area contributed by atoms with Gasteiger partial charge < -0.3 is 25.4 Å². The van der Waals surface area contributed by atoms with Crippen molar-refractivity contribution in [3.8, 4) is 5.75 Å². The van der Waals surface area contributed by atoms with Crippen LogP contribution in [0.15, 0.2) is 42.5 Å². The van der Waals surface area contributed by atoms with Crippen molar-refractivity contribution in [2.75, 3.05) is 48.9 Å². The Labute approximate surface area is 147 Å². The van der Waals surface area contributed by atoms with Gasteiger partial charge >= 0.3 is 0 Å². The second kappa shape index (κ2) is 7.90. The van der Waals surface area contributed by atoms with Crippen molar-refractivity contribution in [1.29, 1.82) is 0 Å². The lowest BCUT2D eigenvalue weighted by Gasteiger charge is -2.30. The molecule has 2 aromatic carbocycles. The summed E-state index contributed by atoms with van der Waals surface area (Å²) in [6, 6.07) is 13.1. The molecule has 1 fully saturated rings. The summed E-state index contributed by atoms with van der Waals surface area (Å²) in [5, 5.41) is 2.91. The first-order valence-corrected chi connectivity index (χ1v) is 8.33. The minimum atomic E-state index is -0.221. The van der Waals surface area contributed by atoms with Gasteiger partial charge in [-0.1, -0.05) is 12.1 Å². The monoisotopic (exact) mass is 341 g/mol. The second-order valence-corrected chi connectivity index (χ2v) is 6.03. The number of rotatable bonds is 5. The summed E-state index contributed by atoms with van der Waals surface area (Å²) >= 11 is 0. The van der Waals surface area contributed by atoms with E-state index in [9.17, 15) is 4.79 Å². The zero-order valence-corrected chi connectivity index (χ0v) is 14.3. The lowest BCUT2D eigenvalue weighted by atomic mass is 10.2. The molecule has 0 bridgehead atoms. The number of nitrogens with one attached hydrogen (secondary N) is 1. The highest BCUT2D eigenvalue weighted by Crippen LogP contribution is 2.29. The van der Waals surface area contributed by atoms with Crippen LogP contribution in [0.5, 0.6) is 5.75 Å². The number of nitrogen functional groups attached to an aromatic ring is 1. The van der Waals surface area contributed by atoms with Gasteiger partial charge in [0.15, 0.2) is 6.61 Å². The van der Waals surface area contributed by atoms with E-state index in [-0.39, 0.29) is 12.5 Å². The van der Waals surface area contributed by atoms with Gasteiger partial charge in [0.2, 0.25) is 0 Å². The predicted octanol–water partition coefficient (Wildman–Crippen LogP) is 2.43. The maximum atomic E-state index is 12.3. The number of morpholine rings is 1. The molecule has 3 rings (SSSR count). The van der Waals surface area contributed by atoms with Crippen molar-refractivity contribution in [1.82, 2.24) is 0 Å². The molecule has 1 saturated heterocycles. The van der Waals surface area contributed by atoms with E-state index in [1.165, 1.54) is 0 Å². The number of ether oxygens (including phenoxy) is 2. The third-order valence-corrected chi connectivity index (χ3v) is 4.01. The Balaban J connectivity index is 1.66. The fourth-order valence-corrected chi connectivity index (χ4v) is 2.77. The van der Waals surface area contributed by atoms with Crippen molar-refractivity contribution < 1.29 is 14.3 Å². The molecule has 1 amide bonds. The van der Waals surface area contributed by atoms with Crippen LogP contribution in [0, 0.1) is 6.92 Å². The van der Waals surface area contributed by atoms with Gasteiger partial charge in [0.1, 0.15) is 5.75 Å².